The first kappa shape index (κ1) is 83.1. The zero-order valence-electron chi connectivity index (χ0n) is 52.9. The van der Waals surface area contributed by atoms with E-state index in [0.717, 1.165) is 40.0 Å². The number of amides is 1. The molecule has 0 saturated heterocycles. The van der Waals surface area contributed by atoms with Crippen LogP contribution in [0.2, 0.25) is 64.5 Å². The summed E-state index contributed by atoms with van der Waals surface area (Å²) in [6.45, 7) is 27.1. The summed E-state index contributed by atoms with van der Waals surface area (Å²) in [6, 6.07) is 17.8. The van der Waals surface area contributed by atoms with Crippen molar-refractivity contribution in [2.75, 3.05) is 152 Å². The van der Waals surface area contributed by atoms with Crippen LogP contribution >= 0.6 is 22.2 Å². The lowest BCUT2D eigenvalue weighted by molar-refractivity contribution is -0.138. The zero-order valence-corrected chi connectivity index (χ0v) is 58.4. The van der Waals surface area contributed by atoms with Gasteiger partial charge in [0.25, 0.3) is 0 Å². The third-order valence-electron chi connectivity index (χ3n) is 12.0. The highest BCUT2D eigenvalue weighted by Gasteiger charge is 2.34. The summed E-state index contributed by atoms with van der Waals surface area (Å²) in [4.78, 5) is 50.9. The summed E-state index contributed by atoms with van der Waals surface area (Å²) >= 11 is 12.5. The van der Waals surface area contributed by atoms with Gasteiger partial charge in [0.05, 0.1) is 132 Å². The van der Waals surface area contributed by atoms with E-state index in [4.69, 9.17) is 94.9 Å². The molecule has 0 fully saturated rings. The molecule has 0 bridgehead atoms. The lowest BCUT2D eigenvalue weighted by atomic mass is 10.1. The maximum absolute atomic E-state index is 12.5. The molecule has 3 N–H and O–H groups in total. The maximum atomic E-state index is 12.5. The Bertz CT molecular complexity index is 2250. The van der Waals surface area contributed by atoms with Crippen LogP contribution in [-0.2, 0) is 83.5 Å². The van der Waals surface area contributed by atoms with Gasteiger partial charge in [-0.3, -0.25) is 19.2 Å². The summed E-state index contributed by atoms with van der Waals surface area (Å²) in [5.74, 6) is -1.36. The zero-order chi connectivity index (χ0) is 64.9. The van der Waals surface area contributed by atoms with Crippen molar-refractivity contribution in [3.05, 3.63) is 80.5 Å². The number of aliphatic carboxylic acids is 2. The van der Waals surface area contributed by atoms with Gasteiger partial charge in [0.15, 0.2) is 23.1 Å². The molecule has 496 valence electrons. The van der Waals surface area contributed by atoms with Crippen molar-refractivity contribution in [1.82, 2.24) is 5.32 Å². The van der Waals surface area contributed by atoms with Crippen LogP contribution in [0.25, 0.3) is 20.9 Å². The van der Waals surface area contributed by atoms with E-state index in [2.05, 4.69) is 82.8 Å². The smallest absolute Gasteiger partial charge is 0.303 e. The van der Waals surface area contributed by atoms with Crippen LogP contribution in [0.1, 0.15) is 49.7 Å². The van der Waals surface area contributed by atoms with Gasteiger partial charge in [0.1, 0.15) is 5.78 Å². The van der Waals surface area contributed by atoms with Crippen LogP contribution < -0.4 is 15.7 Å². The molecule has 30 heteroatoms. The van der Waals surface area contributed by atoms with Crippen LogP contribution in [0.3, 0.4) is 0 Å². The molecule has 0 aliphatic carbocycles. The number of rotatable bonds is 53. The number of carboxylic acid groups (broad SMARTS) is 2. The minimum atomic E-state index is -2.22. The van der Waals surface area contributed by atoms with E-state index in [1.54, 1.807) is 0 Å². The molecule has 2 aromatic rings. The quantitative estimate of drug-likeness (QED) is 0.0139. The van der Waals surface area contributed by atoms with Crippen molar-refractivity contribution >= 4 is 87.6 Å². The Morgan fingerprint density at radius 2 is 0.874 bits per heavy atom. The number of halogens is 2. The van der Waals surface area contributed by atoms with Gasteiger partial charge in [0, 0.05) is 61.7 Å². The summed E-state index contributed by atoms with van der Waals surface area (Å²) < 4.78 is 60.6. The third kappa shape index (κ3) is 54.8. The summed E-state index contributed by atoms with van der Waals surface area (Å²) in [7, 11) is -7.63. The topological polar surface area (TPSA) is 320 Å². The highest BCUT2D eigenvalue weighted by molar-refractivity contribution is 7.26. The molecule has 0 saturated carbocycles. The fraction of sp³-hybridized carbons (Fsp3) is 0.719. The van der Waals surface area contributed by atoms with Gasteiger partial charge in [0.2, 0.25) is 14.2 Å². The first-order chi connectivity index (χ1) is 41.4. The molecule has 1 amide bonds. The Morgan fingerprint density at radius 3 is 1.29 bits per heavy atom. The molecule has 0 aliphatic rings. The van der Waals surface area contributed by atoms with Crippen molar-refractivity contribution in [2.24, 2.45) is 10.2 Å². The SMILES string of the molecule is C[Si](C)(CCCC(=O)O)O[Si](C)(C)c1cccc(CC(=O)NCCOCCOCCOCCOCCOCCN=[N+]=[N-])c1.C[Si](C)(Cl)CCCC(=O)O.C[Si](C)(Cl)c1cccc(CC(=O)CCCOCCOCCOCCOCCOCCN=[N+]=[N-])c1. The number of ketones is 1. The monoisotopic (exact) mass is 1340 g/mol. The van der Waals surface area contributed by atoms with Crippen molar-refractivity contribution in [3.8, 4) is 0 Å². The number of nitrogens with one attached hydrogen (secondary N) is 1. The lowest BCUT2D eigenvalue weighted by Crippen LogP contribution is -2.52. The Hall–Kier alpha value is -3.85. The van der Waals surface area contributed by atoms with Gasteiger partial charge in [-0.15, -0.1) is 0 Å². The van der Waals surface area contributed by atoms with E-state index in [1.165, 1.54) is 0 Å². The number of benzene rings is 2. The number of azide groups is 2. The Kier molecular flexibility index (Phi) is 50.5. The fourth-order valence-corrected chi connectivity index (χ4v) is 19.0. The fourth-order valence-electron chi connectivity index (χ4n) is 7.69. The molecule has 0 spiro atoms. The Morgan fingerprint density at radius 1 is 0.494 bits per heavy atom. The van der Waals surface area contributed by atoms with Crippen molar-refractivity contribution in [1.29, 1.82) is 0 Å². The van der Waals surface area contributed by atoms with Gasteiger partial charge < -0.3 is 67.0 Å². The molecule has 0 unspecified atom stereocenters. The number of carbonyl (C=O) groups excluding carboxylic acids is 2. The molecule has 24 nitrogen and oxygen atoms in total. The van der Waals surface area contributed by atoms with E-state index >= 15 is 0 Å². The van der Waals surface area contributed by atoms with E-state index in [0.29, 0.717) is 177 Å². The van der Waals surface area contributed by atoms with Crippen LogP contribution in [-0.4, -0.2) is 217 Å². The molecule has 87 heavy (non-hydrogen) atoms. The van der Waals surface area contributed by atoms with Crippen LogP contribution in [0, 0.1) is 0 Å². The average Bonchev–Trinajstić information content (AvgIpc) is 1.90. The molecule has 0 atom stereocenters. The second-order valence-corrected chi connectivity index (χ2v) is 43.6. The van der Waals surface area contributed by atoms with E-state index in [9.17, 15) is 19.2 Å². The Labute approximate surface area is 529 Å². The molecule has 0 heterocycles. The van der Waals surface area contributed by atoms with Crippen LogP contribution in [0.15, 0.2) is 58.8 Å². The minimum Gasteiger partial charge on any atom is -0.481 e. The standard InChI is InChI=1S/C28H50N4O9Si2.C23H38ClN3O6Si.C6H13ClO2Si/c1-42(2,22-6-9-28(34)35)41-43(3,4)26-8-5-7-25(23-26)24-27(33)30-10-12-36-14-16-38-18-20-40-21-19-39-17-15-37-13-11-31-32-29;1-34(2,24)23-7-3-5-21(20-23)19-22(28)6-4-9-29-11-13-31-15-17-33-18-16-32-14-12-30-10-8-26-27-25;1-10(2,7)5-3-4-6(8)9/h5,7-8,23H,6,9-22,24H2,1-4H3,(H,30,33)(H,34,35);3,5,7,20H,4,6,8-19H2,1-2H3;3-5H2,1-2H3,(H,8,9). The first-order valence-corrected chi connectivity index (χ1v) is 43.9. The number of ether oxygens (including phenoxy) is 10. The van der Waals surface area contributed by atoms with Gasteiger partial charge in [-0.2, -0.15) is 22.2 Å². The minimum absolute atomic E-state index is 0.0697. The van der Waals surface area contributed by atoms with Crippen molar-refractivity contribution < 1.29 is 80.9 Å². The molecule has 0 aromatic heterocycles. The van der Waals surface area contributed by atoms with E-state index in [1.807, 2.05) is 43.4 Å². The lowest BCUT2D eigenvalue weighted by Gasteiger charge is -2.34. The maximum Gasteiger partial charge on any atom is 0.303 e. The molecule has 0 radical (unpaired) electrons. The number of carboxylic acids is 2. The van der Waals surface area contributed by atoms with Gasteiger partial charge >= 0.3 is 11.9 Å². The first-order valence-electron chi connectivity index (χ1n) is 29.7. The molecular formula is C57H101Cl2N7O17Si4. The van der Waals surface area contributed by atoms with Gasteiger partial charge in [-0.1, -0.05) is 84.9 Å². The Balaban J connectivity index is 0.00000149. The third-order valence-corrected chi connectivity index (χ3v) is 23.9. The molecular weight excluding hydrogens is 1240 g/mol. The highest BCUT2D eigenvalue weighted by Crippen LogP contribution is 2.22. The molecule has 2 aromatic carbocycles. The van der Waals surface area contributed by atoms with Crippen LogP contribution in [0.5, 0.6) is 0 Å². The highest BCUT2D eigenvalue weighted by atomic mass is 35.6. The predicted octanol–water partition coefficient (Wildman–Crippen LogP) is 9.15. The van der Waals surface area contributed by atoms with E-state index in [-0.39, 0.29) is 31.0 Å². The predicted molar refractivity (Wildman–Crippen MR) is 349 cm³/mol. The second-order valence-electron chi connectivity index (χ2n) is 21.8. The van der Waals surface area contributed by atoms with Gasteiger partial charge in [-0.25, -0.2) is 0 Å². The van der Waals surface area contributed by atoms with Crippen LogP contribution in [0.4, 0.5) is 0 Å². The van der Waals surface area contributed by atoms with Crippen molar-refractivity contribution in [2.45, 2.75) is 116 Å². The summed E-state index contributed by atoms with van der Waals surface area (Å²) in [5, 5.41) is 29.1. The number of Topliss-reactive ketones (excluding diaryl/α,β-unsaturated/α-hetero) is 1. The number of hydrogen-bond acceptors (Lipinski definition) is 17. The normalized spacial score (nSPS) is 11.6. The number of hydrogen-bond donors (Lipinski definition) is 3. The largest absolute Gasteiger partial charge is 0.481 e. The number of carbonyl (C=O) groups is 4. The summed E-state index contributed by atoms with van der Waals surface area (Å²) in [6.07, 6.45) is 3.70. The second kappa shape index (κ2) is 52.9. The average molecular weight is 1340 g/mol. The number of nitrogens with zero attached hydrogens (tertiary/aromatic N) is 6. The van der Waals surface area contributed by atoms with Crippen molar-refractivity contribution in [3.63, 3.8) is 0 Å². The molecule has 2 rings (SSSR count). The molecule has 0 aliphatic heterocycles. The van der Waals surface area contributed by atoms with Gasteiger partial charge in [-0.05, 0) is 90.1 Å². The summed E-state index contributed by atoms with van der Waals surface area (Å²) in [5.41, 5.74) is 18.2. The van der Waals surface area contributed by atoms with E-state index < -0.39 is 43.3 Å².